The van der Waals surface area contributed by atoms with Gasteiger partial charge in [-0.05, 0) is 19.1 Å². The predicted molar refractivity (Wildman–Crippen MR) is 133 cm³/mol. The molecule has 1 aliphatic heterocycles. The van der Waals surface area contributed by atoms with Crippen molar-refractivity contribution in [3.63, 3.8) is 0 Å². The summed E-state index contributed by atoms with van der Waals surface area (Å²) in [5.74, 6) is 0.616. The number of aromatic nitrogens is 3. The number of urea groups is 1. The van der Waals surface area contributed by atoms with Crippen LogP contribution in [0.3, 0.4) is 0 Å². The zero-order valence-corrected chi connectivity index (χ0v) is 20.5. The first-order valence-electron chi connectivity index (χ1n) is 11.3. The molecule has 1 aliphatic rings. The highest BCUT2D eigenvalue weighted by Crippen LogP contribution is 2.27. The van der Waals surface area contributed by atoms with Gasteiger partial charge < -0.3 is 4.74 Å². The van der Waals surface area contributed by atoms with Crippen molar-refractivity contribution < 1.29 is 9.53 Å². The van der Waals surface area contributed by atoms with E-state index in [0.717, 1.165) is 56.3 Å². The van der Waals surface area contributed by atoms with Crippen molar-refractivity contribution in [2.75, 3.05) is 43.5 Å². The molecule has 0 unspecified atom stereocenters. The number of amides is 2. The van der Waals surface area contributed by atoms with Gasteiger partial charge in [0, 0.05) is 42.9 Å². The van der Waals surface area contributed by atoms with E-state index in [9.17, 15) is 4.79 Å². The molecular formula is C24H32N6O2S. The number of ether oxygens (including phenoxy) is 1. The number of morpholine rings is 1. The molecule has 8 nitrogen and oxygen atoms in total. The quantitative estimate of drug-likeness (QED) is 0.558. The van der Waals surface area contributed by atoms with Gasteiger partial charge >= 0.3 is 6.03 Å². The normalized spacial score (nSPS) is 14.9. The van der Waals surface area contributed by atoms with Crippen molar-refractivity contribution in [2.24, 2.45) is 0 Å². The largest absolute Gasteiger partial charge is 0.379 e. The highest BCUT2D eigenvalue weighted by Gasteiger charge is 2.22. The number of anilines is 2. The van der Waals surface area contributed by atoms with Gasteiger partial charge in [-0.1, -0.05) is 38.5 Å². The molecule has 1 saturated heterocycles. The molecule has 0 saturated carbocycles. The van der Waals surface area contributed by atoms with Gasteiger partial charge in [-0.3, -0.25) is 15.5 Å². The third kappa shape index (κ3) is 6.19. The van der Waals surface area contributed by atoms with Crippen LogP contribution in [0.2, 0.25) is 0 Å². The number of thiazole rings is 1. The highest BCUT2D eigenvalue weighted by atomic mass is 32.1. The standard InChI is InChI=1S/C24H32N6O2S/c1-17-5-7-19(8-6-17)30-21(15-20(28-30)24(2,3)4)26-22(31)27-23-25-18(16-33-23)9-10-29-11-13-32-14-12-29/h5-8,15-16H,9-14H2,1-4H3,(H2,25,26,27,31). The number of carbonyl (C=O) groups excluding carboxylic acids is 1. The number of nitrogens with one attached hydrogen (secondary N) is 2. The number of hydrogen-bond donors (Lipinski definition) is 2. The zero-order valence-electron chi connectivity index (χ0n) is 19.7. The van der Waals surface area contributed by atoms with E-state index in [-0.39, 0.29) is 11.4 Å². The lowest BCUT2D eigenvalue weighted by Gasteiger charge is -2.26. The van der Waals surface area contributed by atoms with Gasteiger partial charge in [-0.25, -0.2) is 14.5 Å². The van der Waals surface area contributed by atoms with Crippen molar-refractivity contribution in [2.45, 2.75) is 39.5 Å². The number of rotatable bonds is 6. The molecule has 2 N–H and O–H groups in total. The molecule has 2 amide bonds. The lowest BCUT2D eigenvalue weighted by atomic mass is 9.92. The van der Waals surface area contributed by atoms with Gasteiger partial charge in [0.05, 0.1) is 30.3 Å². The van der Waals surface area contributed by atoms with Crippen molar-refractivity contribution in [3.8, 4) is 5.69 Å². The van der Waals surface area contributed by atoms with E-state index < -0.39 is 0 Å². The third-order valence-corrected chi connectivity index (χ3v) is 6.36. The van der Waals surface area contributed by atoms with Crippen LogP contribution in [0, 0.1) is 6.92 Å². The minimum atomic E-state index is -0.335. The molecule has 176 valence electrons. The van der Waals surface area contributed by atoms with Gasteiger partial charge in [0.25, 0.3) is 0 Å². The molecule has 0 spiro atoms. The summed E-state index contributed by atoms with van der Waals surface area (Å²) in [6.07, 6.45) is 0.856. The Morgan fingerprint density at radius 1 is 1.15 bits per heavy atom. The summed E-state index contributed by atoms with van der Waals surface area (Å²) in [6.45, 7) is 12.8. The van der Waals surface area contributed by atoms with Crippen LogP contribution in [0.15, 0.2) is 35.7 Å². The van der Waals surface area contributed by atoms with E-state index in [1.165, 1.54) is 16.9 Å². The first-order chi connectivity index (χ1) is 15.8. The smallest absolute Gasteiger partial charge is 0.326 e. The fourth-order valence-electron chi connectivity index (χ4n) is 3.54. The third-order valence-electron chi connectivity index (χ3n) is 5.56. The minimum Gasteiger partial charge on any atom is -0.379 e. The minimum absolute atomic E-state index is 0.145. The average molecular weight is 469 g/mol. The molecular weight excluding hydrogens is 436 g/mol. The molecule has 0 radical (unpaired) electrons. The summed E-state index contributed by atoms with van der Waals surface area (Å²) in [5.41, 5.74) is 3.81. The Kier molecular flexibility index (Phi) is 7.11. The zero-order chi connectivity index (χ0) is 23.4. The summed E-state index contributed by atoms with van der Waals surface area (Å²) < 4.78 is 7.17. The summed E-state index contributed by atoms with van der Waals surface area (Å²) in [6, 6.07) is 9.66. The Labute approximate surface area is 199 Å². The van der Waals surface area contributed by atoms with Gasteiger partial charge in [0.15, 0.2) is 5.13 Å². The maximum absolute atomic E-state index is 12.8. The van der Waals surface area contributed by atoms with E-state index >= 15 is 0 Å². The number of hydrogen-bond acceptors (Lipinski definition) is 6. The fraction of sp³-hybridized carbons (Fsp3) is 0.458. The summed E-state index contributed by atoms with van der Waals surface area (Å²) >= 11 is 1.44. The second-order valence-corrected chi connectivity index (χ2v) is 10.2. The topological polar surface area (TPSA) is 84.3 Å². The van der Waals surface area contributed by atoms with Crippen LogP contribution in [-0.4, -0.2) is 58.5 Å². The average Bonchev–Trinajstić information content (AvgIpc) is 3.40. The van der Waals surface area contributed by atoms with E-state index in [2.05, 4.69) is 41.3 Å². The molecule has 1 aromatic carbocycles. The lowest BCUT2D eigenvalue weighted by Crippen LogP contribution is -2.37. The van der Waals surface area contributed by atoms with Crippen LogP contribution in [0.5, 0.6) is 0 Å². The highest BCUT2D eigenvalue weighted by molar-refractivity contribution is 7.13. The molecule has 9 heteroatoms. The summed E-state index contributed by atoms with van der Waals surface area (Å²) in [7, 11) is 0. The first-order valence-corrected chi connectivity index (χ1v) is 12.2. The van der Waals surface area contributed by atoms with Gasteiger partial charge in [-0.2, -0.15) is 5.10 Å². The Balaban J connectivity index is 1.42. The van der Waals surface area contributed by atoms with Crippen LogP contribution in [0.1, 0.15) is 37.7 Å². The maximum atomic E-state index is 12.8. The van der Waals surface area contributed by atoms with Crippen LogP contribution in [0.25, 0.3) is 5.69 Å². The van der Waals surface area contributed by atoms with Crippen molar-refractivity contribution >= 4 is 28.3 Å². The number of aryl methyl sites for hydroxylation is 1. The predicted octanol–water partition coefficient (Wildman–Crippen LogP) is 4.45. The molecule has 3 heterocycles. The second-order valence-electron chi connectivity index (χ2n) is 9.34. The Morgan fingerprint density at radius 3 is 2.58 bits per heavy atom. The van der Waals surface area contributed by atoms with E-state index in [1.807, 2.05) is 42.6 Å². The molecule has 0 atom stereocenters. The summed E-state index contributed by atoms with van der Waals surface area (Å²) in [5, 5.41) is 13.2. The molecule has 2 aromatic heterocycles. The monoisotopic (exact) mass is 468 g/mol. The summed E-state index contributed by atoms with van der Waals surface area (Å²) in [4.78, 5) is 19.7. The number of benzene rings is 1. The van der Waals surface area contributed by atoms with E-state index in [0.29, 0.717) is 10.9 Å². The SMILES string of the molecule is Cc1ccc(-n2nc(C(C)(C)C)cc2NC(=O)Nc2nc(CCN3CCOCC3)cs2)cc1. The molecule has 1 fully saturated rings. The van der Waals surface area contributed by atoms with Crippen LogP contribution >= 0.6 is 11.3 Å². The first kappa shape index (κ1) is 23.4. The van der Waals surface area contributed by atoms with Crippen molar-refractivity contribution in [1.29, 1.82) is 0 Å². The van der Waals surface area contributed by atoms with Gasteiger partial charge in [0.2, 0.25) is 0 Å². The van der Waals surface area contributed by atoms with Crippen LogP contribution < -0.4 is 10.6 Å². The molecule has 4 rings (SSSR count). The van der Waals surface area contributed by atoms with E-state index in [1.54, 1.807) is 4.68 Å². The second kappa shape index (κ2) is 10.0. The number of nitrogens with zero attached hydrogens (tertiary/aromatic N) is 4. The lowest BCUT2D eigenvalue weighted by molar-refractivity contribution is 0.0383. The van der Waals surface area contributed by atoms with Crippen molar-refractivity contribution in [3.05, 3.63) is 52.7 Å². The Morgan fingerprint density at radius 2 is 1.88 bits per heavy atom. The molecule has 0 bridgehead atoms. The van der Waals surface area contributed by atoms with Crippen LogP contribution in [-0.2, 0) is 16.6 Å². The van der Waals surface area contributed by atoms with Crippen LogP contribution in [0.4, 0.5) is 15.7 Å². The van der Waals surface area contributed by atoms with Gasteiger partial charge in [0.1, 0.15) is 5.82 Å². The molecule has 3 aromatic rings. The van der Waals surface area contributed by atoms with E-state index in [4.69, 9.17) is 9.84 Å². The molecule has 0 aliphatic carbocycles. The molecule has 33 heavy (non-hydrogen) atoms. The Hall–Kier alpha value is -2.75. The maximum Gasteiger partial charge on any atom is 0.326 e. The van der Waals surface area contributed by atoms with Gasteiger partial charge in [-0.15, -0.1) is 11.3 Å². The fourth-order valence-corrected chi connectivity index (χ4v) is 4.28. The number of carbonyl (C=O) groups is 1. The Bertz CT molecular complexity index is 1080. The van der Waals surface area contributed by atoms with Crippen molar-refractivity contribution in [1.82, 2.24) is 19.7 Å².